The summed E-state index contributed by atoms with van der Waals surface area (Å²) in [5.41, 5.74) is 4.61. The first-order valence-electron chi connectivity index (χ1n) is 10.1. The fourth-order valence-corrected chi connectivity index (χ4v) is 4.29. The molecule has 1 atom stereocenters. The van der Waals surface area contributed by atoms with Gasteiger partial charge in [-0.05, 0) is 52.8 Å². The molecule has 6 nitrogen and oxygen atoms in total. The van der Waals surface area contributed by atoms with E-state index in [4.69, 9.17) is 4.74 Å². The second-order valence-electron chi connectivity index (χ2n) is 7.51. The zero-order valence-corrected chi connectivity index (χ0v) is 17.1. The number of hydrogen-bond donors (Lipinski definition) is 2. The van der Waals surface area contributed by atoms with E-state index in [1.165, 1.54) is 12.0 Å². The Balaban J connectivity index is 1.74. The number of methoxy groups -OCH3 is 1. The van der Waals surface area contributed by atoms with E-state index in [0.717, 1.165) is 27.8 Å². The molecule has 31 heavy (non-hydrogen) atoms. The summed E-state index contributed by atoms with van der Waals surface area (Å²) in [5, 5.41) is 19.6. The molecule has 3 aromatic rings. The normalized spacial score (nSPS) is 13.2. The maximum Gasteiger partial charge on any atom is 0.411 e. The van der Waals surface area contributed by atoms with E-state index in [-0.39, 0.29) is 12.2 Å². The van der Waals surface area contributed by atoms with E-state index in [1.54, 1.807) is 24.3 Å². The second-order valence-corrected chi connectivity index (χ2v) is 7.51. The molecule has 0 radical (unpaired) electrons. The van der Waals surface area contributed by atoms with Gasteiger partial charge < -0.3 is 14.9 Å². The van der Waals surface area contributed by atoms with Crippen LogP contribution in [0.25, 0.3) is 11.1 Å². The van der Waals surface area contributed by atoms with Crippen LogP contribution in [0.1, 0.15) is 29.2 Å². The van der Waals surface area contributed by atoms with Crippen LogP contribution in [-0.4, -0.2) is 40.3 Å². The number of phenols is 1. The summed E-state index contributed by atoms with van der Waals surface area (Å²) in [4.78, 5) is 26.6. The molecule has 0 bridgehead atoms. The Morgan fingerprint density at radius 2 is 1.48 bits per heavy atom. The minimum absolute atomic E-state index is 0.147. The number of nitrogens with zero attached hydrogens (tertiary/aromatic N) is 1. The molecule has 158 valence electrons. The summed E-state index contributed by atoms with van der Waals surface area (Å²) in [6, 6.07) is 20.4. The van der Waals surface area contributed by atoms with Gasteiger partial charge in [-0.15, -0.1) is 0 Å². The molecule has 6 heteroatoms. The monoisotopic (exact) mass is 417 g/mol. The van der Waals surface area contributed by atoms with Crippen molar-refractivity contribution < 1.29 is 24.5 Å². The first-order chi connectivity index (χ1) is 15.0. The average molecular weight is 417 g/mol. The fraction of sp³-hybridized carbons (Fsp3) is 0.200. The van der Waals surface area contributed by atoms with Gasteiger partial charge in [0, 0.05) is 0 Å². The van der Waals surface area contributed by atoms with Crippen LogP contribution in [0.4, 0.5) is 4.79 Å². The van der Waals surface area contributed by atoms with E-state index in [9.17, 15) is 19.8 Å². The van der Waals surface area contributed by atoms with Crippen molar-refractivity contribution in [3.8, 4) is 16.9 Å². The molecule has 0 saturated carbocycles. The van der Waals surface area contributed by atoms with Gasteiger partial charge in [0.15, 0.2) is 0 Å². The first kappa shape index (κ1) is 20.5. The molecule has 0 heterocycles. The van der Waals surface area contributed by atoms with Crippen LogP contribution in [0.15, 0.2) is 72.8 Å². The van der Waals surface area contributed by atoms with Crippen LogP contribution in [0.5, 0.6) is 5.75 Å². The number of carbonyl (C=O) groups is 2. The lowest BCUT2D eigenvalue weighted by atomic mass is 9.98. The Kier molecular flexibility index (Phi) is 5.62. The minimum atomic E-state index is -1.09. The van der Waals surface area contributed by atoms with E-state index >= 15 is 0 Å². The number of fused-ring (bicyclic) bond motifs is 3. The van der Waals surface area contributed by atoms with Crippen molar-refractivity contribution >= 4 is 12.1 Å². The number of hydrogen-bond acceptors (Lipinski definition) is 4. The Hall–Kier alpha value is -3.80. The van der Waals surface area contributed by atoms with Crippen molar-refractivity contribution in [1.29, 1.82) is 0 Å². The summed E-state index contributed by atoms with van der Waals surface area (Å²) in [5.74, 6) is -0.945. The van der Waals surface area contributed by atoms with E-state index in [0.29, 0.717) is 6.42 Å². The van der Waals surface area contributed by atoms with Gasteiger partial charge in [-0.1, -0.05) is 60.7 Å². The zero-order valence-electron chi connectivity index (χ0n) is 17.1. The average Bonchev–Trinajstić information content (AvgIpc) is 3.11. The van der Waals surface area contributed by atoms with Gasteiger partial charge in [-0.2, -0.15) is 0 Å². The van der Waals surface area contributed by atoms with E-state index in [2.05, 4.69) is 0 Å². The van der Waals surface area contributed by atoms with Gasteiger partial charge in [-0.3, -0.25) is 4.90 Å². The van der Waals surface area contributed by atoms with Crippen molar-refractivity contribution in [2.75, 3.05) is 7.11 Å². The lowest BCUT2D eigenvalue weighted by Crippen LogP contribution is -2.47. The molecule has 1 aliphatic rings. The summed E-state index contributed by atoms with van der Waals surface area (Å²) in [6.07, 6.45) is -0.0498. The summed E-state index contributed by atoms with van der Waals surface area (Å²) < 4.78 is 5.04. The van der Waals surface area contributed by atoms with Crippen LogP contribution in [0, 0.1) is 0 Å². The zero-order chi connectivity index (χ0) is 22.0. The minimum Gasteiger partial charge on any atom is -0.508 e. The maximum absolute atomic E-state index is 12.9. The Morgan fingerprint density at radius 3 is 2.00 bits per heavy atom. The van der Waals surface area contributed by atoms with E-state index < -0.39 is 24.1 Å². The van der Waals surface area contributed by atoms with Gasteiger partial charge in [0.2, 0.25) is 0 Å². The fourth-order valence-electron chi connectivity index (χ4n) is 4.29. The number of rotatable bonds is 6. The van der Waals surface area contributed by atoms with Crippen LogP contribution in [0.2, 0.25) is 0 Å². The molecule has 0 saturated heterocycles. The highest BCUT2D eigenvalue weighted by atomic mass is 16.5. The van der Waals surface area contributed by atoms with Gasteiger partial charge >= 0.3 is 12.1 Å². The van der Waals surface area contributed by atoms with Crippen molar-refractivity contribution in [3.05, 3.63) is 89.5 Å². The third-order valence-corrected chi connectivity index (χ3v) is 5.73. The van der Waals surface area contributed by atoms with Crippen molar-refractivity contribution in [3.63, 3.8) is 0 Å². The van der Waals surface area contributed by atoms with Crippen molar-refractivity contribution in [2.24, 2.45) is 0 Å². The summed E-state index contributed by atoms with van der Waals surface area (Å²) >= 11 is 0. The number of ether oxygens (including phenoxy) is 1. The lowest BCUT2D eigenvalue weighted by molar-refractivity contribution is -0.143. The number of aryl methyl sites for hydroxylation is 1. The Labute approximate surface area is 180 Å². The van der Waals surface area contributed by atoms with Gasteiger partial charge in [0.1, 0.15) is 11.8 Å². The number of carboxylic acid groups (broad SMARTS) is 1. The van der Waals surface area contributed by atoms with Crippen molar-refractivity contribution in [1.82, 2.24) is 4.90 Å². The number of carbonyl (C=O) groups excluding carboxylic acids is 1. The number of phenolic OH excluding ortho intramolecular Hbond substituents is 1. The summed E-state index contributed by atoms with van der Waals surface area (Å²) in [7, 11) is 1.26. The molecule has 0 unspecified atom stereocenters. The molecule has 0 spiro atoms. The topological polar surface area (TPSA) is 87.1 Å². The lowest BCUT2D eigenvalue weighted by Gasteiger charge is -2.34. The first-order valence-corrected chi connectivity index (χ1v) is 10.1. The number of carboxylic acids is 1. The number of amides is 1. The van der Waals surface area contributed by atoms with Crippen LogP contribution in [0.3, 0.4) is 0 Å². The quantitative estimate of drug-likeness (QED) is 0.611. The van der Waals surface area contributed by atoms with Crippen LogP contribution in [-0.2, 0) is 16.0 Å². The molecule has 1 amide bonds. The largest absolute Gasteiger partial charge is 0.508 e. The van der Waals surface area contributed by atoms with E-state index in [1.807, 2.05) is 48.5 Å². The van der Waals surface area contributed by atoms with Crippen molar-refractivity contribution in [2.45, 2.75) is 24.9 Å². The summed E-state index contributed by atoms with van der Waals surface area (Å²) in [6.45, 7) is 0. The highest BCUT2D eigenvalue weighted by Gasteiger charge is 2.41. The molecule has 4 rings (SSSR count). The highest BCUT2D eigenvalue weighted by molar-refractivity contribution is 5.85. The number of aromatic hydroxyl groups is 1. The number of benzene rings is 3. The van der Waals surface area contributed by atoms with Gasteiger partial charge in [-0.25, -0.2) is 9.59 Å². The molecule has 2 N–H and O–H groups in total. The predicted octanol–water partition coefficient (Wildman–Crippen LogP) is 4.62. The van der Waals surface area contributed by atoms with Crippen LogP contribution < -0.4 is 0 Å². The molecule has 0 fully saturated rings. The van der Waals surface area contributed by atoms with Gasteiger partial charge in [0.05, 0.1) is 13.2 Å². The molecule has 3 aromatic carbocycles. The standard InChI is InChI=1S/C25H23NO5/c1-31-25(30)26(22(24(28)29)15-12-16-10-13-17(27)14-11-16)23-20-8-4-2-6-18(20)19-7-3-5-9-21(19)23/h2-11,13-14,22-23,27H,12,15H2,1H3,(H,28,29)/t22-/m1/s1. The Bertz CT molecular complexity index is 1060. The third-order valence-electron chi connectivity index (χ3n) is 5.73. The predicted molar refractivity (Wildman–Crippen MR) is 116 cm³/mol. The number of aliphatic carboxylic acids is 1. The SMILES string of the molecule is COC(=O)N(C1c2ccccc2-c2ccccc21)[C@H](CCc1ccc(O)cc1)C(=O)O. The molecular weight excluding hydrogens is 394 g/mol. The molecule has 0 aromatic heterocycles. The third kappa shape index (κ3) is 3.84. The molecule has 1 aliphatic carbocycles. The Morgan fingerprint density at radius 1 is 0.935 bits per heavy atom. The second kappa shape index (κ2) is 8.52. The highest BCUT2D eigenvalue weighted by Crippen LogP contribution is 2.47. The van der Waals surface area contributed by atoms with Crippen LogP contribution >= 0.6 is 0 Å². The molecule has 0 aliphatic heterocycles. The maximum atomic E-state index is 12.9. The smallest absolute Gasteiger partial charge is 0.411 e. The molecular formula is C25H23NO5. The van der Waals surface area contributed by atoms with Gasteiger partial charge in [0.25, 0.3) is 0 Å².